The zero-order valence-corrected chi connectivity index (χ0v) is 31.6. The molecule has 3 aromatic carbocycles. The number of nitrogens with one attached hydrogen (secondary N) is 2. The molecule has 3 rings (SSSR count). The summed E-state index contributed by atoms with van der Waals surface area (Å²) in [6.07, 6.45) is 3.55. The van der Waals surface area contributed by atoms with Crippen molar-refractivity contribution in [3.05, 3.63) is 118 Å². The van der Waals surface area contributed by atoms with Crippen molar-refractivity contribution < 1.29 is 36.6 Å². The zero-order valence-electron chi connectivity index (χ0n) is 29.9. The number of anilines is 1. The Morgan fingerprint density at radius 2 is 1.65 bits per heavy atom. The minimum absolute atomic E-state index is 0.112. The highest BCUT2D eigenvalue weighted by Crippen LogP contribution is 2.44. The largest absolute Gasteiger partial charge is 0.444 e. The van der Waals surface area contributed by atoms with Crippen LogP contribution in [0.15, 0.2) is 102 Å². The fraction of sp³-hybridized carbons (Fsp3) is 0.389. The summed E-state index contributed by atoms with van der Waals surface area (Å²) in [6.45, 7) is 4.95. The van der Waals surface area contributed by atoms with Crippen molar-refractivity contribution in [1.29, 1.82) is 0 Å². The normalized spacial score (nSPS) is 13.9. The van der Waals surface area contributed by atoms with Crippen LogP contribution in [-0.4, -0.2) is 75.5 Å². The third-order valence-corrected chi connectivity index (χ3v) is 10.6. The van der Waals surface area contributed by atoms with Gasteiger partial charge in [0.1, 0.15) is 35.0 Å². The van der Waals surface area contributed by atoms with Gasteiger partial charge >= 0.3 is 13.6 Å². The number of amides is 2. The van der Waals surface area contributed by atoms with Gasteiger partial charge < -0.3 is 19.3 Å². The molecule has 0 spiro atoms. The molecule has 0 aromatic heterocycles. The lowest BCUT2D eigenvalue weighted by Gasteiger charge is -2.24. The summed E-state index contributed by atoms with van der Waals surface area (Å²) in [7, 11) is -6.70. The lowest BCUT2D eigenvalue weighted by Crippen LogP contribution is -2.37. The van der Waals surface area contributed by atoms with E-state index in [4.69, 9.17) is 19.5 Å². The third kappa shape index (κ3) is 16.1. The highest BCUT2D eigenvalue weighted by Gasteiger charge is 2.26. The number of ether oxygens (including phenoxy) is 2. The van der Waals surface area contributed by atoms with Gasteiger partial charge in [-0.15, -0.1) is 0 Å². The van der Waals surface area contributed by atoms with Crippen LogP contribution in [-0.2, 0) is 41.7 Å². The third-order valence-electron chi connectivity index (χ3n) is 7.47. The number of para-hydroxylation sites is 1. The standard InChI is InChI=1S/C36H47N6O8PS/c1-28(12-11-22-51(45,50-34-15-9-6-10-16-34)40-29(2)24-31-13-7-5-8-14-31)25-48-27-42(21-23-52(4,46)47)36(44)49-26-32-17-19-33(20-18-32)38-35(43)30(3)39-41-37/h5-10,12-20,29-30H,11,21-27H2,1-4H3,(H,38,43)(H,40,45)/b28-12+/t29-,30-,51?/m0/s1. The van der Waals surface area contributed by atoms with Gasteiger partial charge in [0.15, 0.2) is 0 Å². The number of benzene rings is 3. The number of hydrogen-bond donors (Lipinski definition) is 2. The van der Waals surface area contributed by atoms with Gasteiger partial charge in [-0.2, -0.15) is 0 Å². The van der Waals surface area contributed by atoms with E-state index < -0.39 is 35.4 Å². The predicted octanol–water partition coefficient (Wildman–Crippen LogP) is 7.11. The molecule has 0 aliphatic rings. The Labute approximate surface area is 305 Å². The van der Waals surface area contributed by atoms with E-state index in [-0.39, 0.29) is 44.4 Å². The number of allylic oxidation sites excluding steroid dienone is 1. The molecule has 2 N–H and O–H groups in total. The summed E-state index contributed by atoms with van der Waals surface area (Å²) in [4.78, 5) is 28.8. The van der Waals surface area contributed by atoms with Gasteiger partial charge in [-0.05, 0) is 74.5 Å². The number of nitrogens with zero attached hydrogens (tertiary/aromatic N) is 4. The molecule has 3 aromatic rings. The maximum Gasteiger partial charge on any atom is 0.411 e. The summed E-state index contributed by atoms with van der Waals surface area (Å²) in [5, 5.41) is 9.22. The molecule has 0 aliphatic heterocycles. The molecule has 52 heavy (non-hydrogen) atoms. The van der Waals surface area contributed by atoms with E-state index in [1.807, 2.05) is 68.5 Å². The first-order valence-electron chi connectivity index (χ1n) is 16.7. The van der Waals surface area contributed by atoms with Crippen LogP contribution in [0.5, 0.6) is 5.75 Å². The first-order chi connectivity index (χ1) is 24.7. The molecule has 0 heterocycles. The molecule has 280 valence electrons. The Bertz CT molecular complexity index is 1820. The molecule has 14 nitrogen and oxygen atoms in total. The van der Waals surface area contributed by atoms with Crippen molar-refractivity contribution in [2.24, 2.45) is 5.11 Å². The number of carbonyl (C=O) groups excluding carboxylic acids is 2. The number of azide groups is 1. The van der Waals surface area contributed by atoms with E-state index in [1.54, 1.807) is 36.4 Å². The minimum atomic E-state index is -3.38. The van der Waals surface area contributed by atoms with E-state index in [2.05, 4.69) is 20.4 Å². The summed E-state index contributed by atoms with van der Waals surface area (Å²) < 4.78 is 55.0. The van der Waals surface area contributed by atoms with Crippen LogP contribution in [0.4, 0.5) is 10.5 Å². The highest BCUT2D eigenvalue weighted by molar-refractivity contribution is 7.90. The Morgan fingerprint density at radius 3 is 2.29 bits per heavy atom. The Kier molecular flexibility index (Phi) is 16.9. The highest BCUT2D eigenvalue weighted by atomic mass is 32.2. The first kappa shape index (κ1) is 41.8. The molecular weight excluding hydrogens is 707 g/mol. The Hall–Kier alpha value is -4.65. The average molecular weight is 755 g/mol. The van der Waals surface area contributed by atoms with Gasteiger partial charge in [0.05, 0.1) is 18.5 Å². The number of carbonyl (C=O) groups is 2. The molecule has 1 unspecified atom stereocenters. The molecule has 0 saturated carbocycles. The van der Waals surface area contributed by atoms with Crippen molar-refractivity contribution >= 4 is 35.0 Å². The molecular formula is C36H47N6O8PS. The maximum atomic E-state index is 14.0. The summed E-state index contributed by atoms with van der Waals surface area (Å²) >= 11 is 0. The Morgan fingerprint density at radius 1 is 1.00 bits per heavy atom. The van der Waals surface area contributed by atoms with E-state index >= 15 is 0 Å². The van der Waals surface area contributed by atoms with Gasteiger partial charge in [-0.25, -0.2) is 18.3 Å². The predicted molar refractivity (Wildman–Crippen MR) is 202 cm³/mol. The quantitative estimate of drug-likeness (QED) is 0.0285. The first-order valence-corrected chi connectivity index (χ1v) is 20.5. The maximum absolute atomic E-state index is 14.0. The van der Waals surface area contributed by atoms with Crippen molar-refractivity contribution in [3.8, 4) is 5.75 Å². The van der Waals surface area contributed by atoms with Gasteiger partial charge in [-0.3, -0.25) is 14.3 Å². The van der Waals surface area contributed by atoms with Gasteiger partial charge in [0, 0.05) is 29.4 Å². The zero-order chi connectivity index (χ0) is 38.0. The minimum Gasteiger partial charge on any atom is -0.444 e. The van der Waals surface area contributed by atoms with E-state index in [1.165, 1.54) is 11.8 Å². The van der Waals surface area contributed by atoms with Crippen LogP contribution in [0.1, 0.15) is 38.3 Å². The smallest absolute Gasteiger partial charge is 0.411 e. The van der Waals surface area contributed by atoms with E-state index in [9.17, 15) is 22.6 Å². The lowest BCUT2D eigenvalue weighted by molar-refractivity contribution is -0.117. The van der Waals surface area contributed by atoms with Crippen LogP contribution in [0, 0.1) is 0 Å². The molecule has 16 heteroatoms. The summed E-state index contributed by atoms with van der Waals surface area (Å²) in [5.74, 6) is -0.244. The second kappa shape index (κ2) is 21.0. The molecule has 0 fully saturated rings. The second-order valence-corrected chi connectivity index (χ2v) is 16.8. The average Bonchev–Trinajstić information content (AvgIpc) is 3.09. The van der Waals surface area contributed by atoms with Crippen molar-refractivity contribution in [1.82, 2.24) is 9.99 Å². The fourth-order valence-electron chi connectivity index (χ4n) is 4.78. The van der Waals surface area contributed by atoms with E-state index in [0.29, 0.717) is 29.8 Å². The molecule has 0 bridgehead atoms. The van der Waals surface area contributed by atoms with Gasteiger partial charge in [-0.1, -0.05) is 77.4 Å². The van der Waals surface area contributed by atoms with Crippen LogP contribution in [0.25, 0.3) is 10.4 Å². The number of hydrogen-bond acceptors (Lipinski definition) is 9. The van der Waals surface area contributed by atoms with Crippen LogP contribution < -0.4 is 14.9 Å². The Balaban J connectivity index is 1.55. The summed E-state index contributed by atoms with van der Waals surface area (Å²) in [6, 6.07) is 24.5. The second-order valence-electron chi connectivity index (χ2n) is 12.4. The van der Waals surface area contributed by atoms with Crippen molar-refractivity contribution in [2.45, 2.75) is 52.3 Å². The van der Waals surface area contributed by atoms with Crippen molar-refractivity contribution in [2.75, 3.05) is 43.4 Å². The number of rotatable bonds is 21. The van der Waals surface area contributed by atoms with E-state index in [0.717, 1.165) is 17.4 Å². The molecule has 0 aliphatic carbocycles. The van der Waals surface area contributed by atoms with Gasteiger partial charge in [0.2, 0.25) is 5.91 Å². The molecule has 0 saturated heterocycles. The fourth-order valence-corrected chi connectivity index (χ4v) is 7.29. The molecule has 0 radical (unpaired) electrons. The molecule has 2 amide bonds. The number of sulfone groups is 1. The monoisotopic (exact) mass is 754 g/mol. The topological polar surface area (TPSA) is 189 Å². The van der Waals surface area contributed by atoms with Crippen LogP contribution in [0.2, 0.25) is 0 Å². The molecule has 3 atom stereocenters. The van der Waals surface area contributed by atoms with Crippen molar-refractivity contribution in [3.63, 3.8) is 0 Å². The lowest BCUT2D eigenvalue weighted by atomic mass is 10.1. The van der Waals surface area contributed by atoms with Gasteiger partial charge in [0.25, 0.3) is 0 Å². The van der Waals surface area contributed by atoms with Crippen LogP contribution >= 0.6 is 7.52 Å². The van der Waals surface area contributed by atoms with Crippen LogP contribution in [0.3, 0.4) is 0 Å². The summed E-state index contributed by atoms with van der Waals surface area (Å²) in [5.41, 5.74) is 11.5. The SMILES string of the molecule is C/C(=C\CCP(=O)(N[C@@H](C)Cc1ccccc1)Oc1ccccc1)COCN(CCS(C)(=O)=O)C(=O)OCc1ccc(NC(=O)[C@H](C)N=[N+]=[N-])cc1.